The molecular formula is C18H19FN2O4. The van der Waals surface area contributed by atoms with Gasteiger partial charge in [0.2, 0.25) is 0 Å². The van der Waals surface area contributed by atoms with Crippen LogP contribution in [0.25, 0.3) is 11.3 Å². The van der Waals surface area contributed by atoms with Gasteiger partial charge in [0.25, 0.3) is 5.91 Å². The summed E-state index contributed by atoms with van der Waals surface area (Å²) in [4.78, 5) is 24.7. The van der Waals surface area contributed by atoms with Crippen LogP contribution in [0, 0.1) is 5.82 Å². The first-order chi connectivity index (χ1) is 12.1. The molecule has 3 N–H and O–H groups in total. The van der Waals surface area contributed by atoms with E-state index in [1.54, 1.807) is 0 Å². The largest absolute Gasteiger partial charge is 0.422 e. The van der Waals surface area contributed by atoms with Gasteiger partial charge in [0, 0.05) is 17.7 Å². The maximum Gasteiger partial charge on any atom is 0.351 e. The number of rotatable bonds is 4. The highest BCUT2D eigenvalue weighted by Crippen LogP contribution is 2.24. The Morgan fingerprint density at radius 2 is 1.84 bits per heavy atom. The standard InChI is InChI=1S/C18H19FN2O4/c19-12-8-6-11(7-9-12)15-10-14(21-24)16(18(23)25-15)17(22)20-13-4-2-1-3-5-13/h6-10,13,21,24H,1-5H2,(H,20,22). The summed E-state index contributed by atoms with van der Waals surface area (Å²) in [5, 5.41) is 12.2. The maximum absolute atomic E-state index is 13.0. The van der Waals surface area contributed by atoms with Gasteiger partial charge in [0.1, 0.15) is 11.6 Å². The van der Waals surface area contributed by atoms with Crippen molar-refractivity contribution in [3.8, 4) is 11.3 Å². The molecule has 1 aromatic heterocycles. The number of amides is 1. The number of anilines is 1. The van der Waals surface area contributed by atoms with Gasteiger partial charge in [-0.15, -0.1) is 0 Å². The Labute approximate surface area is 143 Å². The fraction of sp³-hybridized carbons (Fsp3) is 0.333. The molecule has 2 aromatic rings. The number of nitrogens with one attached hydrogen (secondary N) is 2. The summed E-state index contributed by atoms with van der Waals surface area (Å²) in [7, 11) is 0. The molecule has 6 nitrogen and oxygen atoms in total. The Morgan fingerprint density at radius 1 is 1.16 bits per heavy atom. The summed E-state index contributed by atoms with van der Waals surface area (Å²) in [5.74, 6) is -0.881. The third-order valence-electron chi connectivity index (χ3n) is 4.37. The molecule has 0 spiro atoms. The van der Waals surface area contributed by atoms with Crippen molar-refractivity contribution >= 4 is 11.6 Å². The van der Waals surface area contributed by atoms with Crippen molar-refractivity contribution in [1.29, 1.82) is 0 Å². The average molecular weight is 346 g/mol. The molecule has 0 radical (unpaired) electrons. The SMILES string of the molecule is O=C(NC1CCCCC1)c1c(NO)cc(-c2ccc(F)cc2)oc1=O. The van der Waals surface area contributed by atoms with E-state index < -0.39 is 17.3 Å². The number of benzene rings is 1. The van der Waals surface area contributed by atoms with Crippen molar-refractivity contribution < 1.29 is 18.8 Å². The van der Waals surface area contributed by atoms with E-state index in [1.807, 2.05) is 5.48 Å². The second-order valence-corrected chi connectivity index (χ2v) is 6.11. The first kappa shape index (κ1) is 17.2. The number of hydrogen-bond donors (Lipinski definition) is 3. The van der Waals surface area contributed by atoms with E-state index in [1.165, 1.54) is 30.3 Å². The molecule has 1 aromatic carbocycles. The first-order valence-corrected chi connectivity index (χ1v) is 8.23. The van der Waals surface area contributed by atoms with Crippen LogP contribution in [0.2, 0.25) is 0 Å². The summed E-state index contributed by atoms with van der Waals surface area (Å²) in [6.45, 7) is 0. The van der Waals surface area contributed by atoms with Gasteiger partial charge in [0.15, 0.2) is 5.56 Å². The van der Waals surface area contributed by atoms with Crippen molar-refractivity contribution in [3.05, 3.63) is 52.1 Å². The lowest BCUT2D eigenvalue weighted by atomic mass is 9.95. The van der Waals surface area contributed by atoms with Crippen LogP contribution in [0.4, 0.5) is 10.1 Å². The molecule has 7 heteroatoms. The molecule has 0 saturated heterocycles. The molecule has 132 valence electrons. The lowest BCUT2D eigenvalue weighted by molar-refractivity contribution is 0.0924. The maximum atomic E-state index is 13.0. The second-order valence-electron chi connectivity index (χ2n) is 6.11. The van der Waals surface area contributed by atoms with Crippen LogP contribution in [0.15, 0.2) is 39.5 Å². The van der Waals surface area contributed by atoms with E-state index in [9.17, 15) is 19.2 Å². The van der Waals surface area contributed by atoms with E-state index in [2.05, 4.69) is 5.32 Å². The summed E-state index contributed by atoms with van der Waals surface area (Å²) >= 11 is 0. The average Bonchev–Trinajstić information content (AvgIpc) is 2.62. The predicted octanol–water partition coefficient (Wildman–Crippen LogP) is 3.31. The molecule has 0 unspecified atom stereocenters. The number of halogens is 1. The molecule has 25 heavy (non-hydrogen) atoms. The number of carbonyl (C=O) groups is 1. The van der Waals surface area contributed by atoms with Crippen molar-refractivity contribution in [2.75, 3.05) is 5.48 Å². The van der Waals surface area contributed by atoms with Crippen LogP contribution in [0.3, 0.4) is 0 Å². The monoisotopic (exact) mass is 346 g/mol. The van der Waals surface area contributed by atoms with Gasteiger partial charge in [-0.05, 0) is 37.1 Å². The van der Waals surface area contributed by atoms with E-state index in [0.29, 0.717) is 5.56 Å². The third kappa shape index (κ3) is 3.88. The van der Waals surface area contributed by atoms with Crippen molar-refractivity contribution in [2.45, 2.75) is 38.1 Å². The van der Waals surface area contributed by atoms with Crippen LogP contribution < -0.4 is 16.4 Å². The minimum absolute atomic E-state index is 0.0176. The predicted molar refractivity (Wildman–Crippen MR) is 90.1 cm³/mol. The summed E-state index contributed by atoms with van der Waals surface area (Å²) < 4.78 is 18.2. The molecule has 1 aliphatic carbocycles. The van der Waals surface area contributed by atoms with Gasteiger partial charge >= 0.3 is 5.63 Å². The van der Waals surface area contributed by atoms with E-state index in [0.717, 1.165) is 32.1 Å². The quantitative estimate of drug-likeness (QED) is 0.739. The van der Waals surface area contributed by atoms with Gasteiger partial charge in [-0.1, -0.05) is 19.3 Å². The molecule has 1 fully saturated rings. The van der Waals surface area contributed by atoms with Crippen molar-refractivity contribution in [1.82, 2.24) is 5.32 Å². The van der Waals surface area contributed by atoms with Crippen LogP contribution in [0.5, 0.6) is 0 Å². The Balaban J connectivity index is 1.90. The third-order valence-corrected chi connectivity index (χ3v) is 4.37. The molecule has 0 bridgehead atoms. The Hall–Kier alpha value is -2.67. The van der Waals surface area contributed by atoms with Crippen molar-refractivity contribution in [3.63, 3.8) is 0 Å². The Morgan fingerprint density at radius 3 is 2.48 bits per heavy atom. The zero-order chi connectivity index (χ0) is 17.8. The fourth-order valence-electron chi connectivity index (χ4n) is 3.06. The van der Waals surface area contributed by atoms with E-state index in [-0.39, 0.29) is 23.1 Å². The highest BCUT2D eigenvalue weighted by atomic mass is 19.1. The first-order valence-electron chi connectivity index (χ1n) is 8.23. The molecular weight excluding hydrogens is 327 g/mol. The van der Waals surface area contributed by atoms with Gasteiger partial charge in [0.05, 0.1) is 5.69 Å². The van der Waals surface area contributed by atoms with Crippen LogP contribution in [-0.4, -0.2) is 17.2 Å². The van der Waals surface area contributed by atoms with Crippen molar-refractivity contribution in [2.24, 2.45) is 0 Å². The lowest BCUT2D eigenvalue weighted by Crippen LogP contribution is -2.38. The normalized spacial score (nSPS) is 15.0. The highest BCUT2D eigenvalue weighted by molar-refractivity contribution is 5.99. The van der Waals surface area contributed by atoms with Gasteiger partial charge in [-0.3, -0.25) is 15.5 Å². The second kappa shape index (κ2) is 7.48. The number of carbonyl (C=O) groups excluding carboxylic acids is 1. The minimum atomic E-state index is -0.869. The zero-order valence-corrected chi connectivity index (χ0v) is 13.5. The molecule has 1 aliphatic rings. The van der Waals surface area contributed by atoms with Crippen LogP contribution in [-0.2, 0) is 0 Å². The van der Waals surface area contributed by atoms with E-state index in [4.69, 9.17) is 4.42 Å². The van der Waals surface area contributed by atoms with Gasteiger partial charge in [-0.25, -0.2) is 9.18 Å². The van der Waals surface area contributed by atoms with Gasteiger partial charge < -0.3 is 9.73 Å². The van der Waals surface area contributed by atoms with Gasteiger partial charge in [-0.2, -0.15) is 0 Å². The van der Waals surface area contributed by atoms with E-state index >= 15 is 0 Å². The topological polar surface area (TPSA) is 91.6 Å². The summed E-state index contributed by atoms with van der Waals surface area (Å²) in [6, 6.07) is 6.69. The molecule has 0 atom stereocenters. The van der Waals surface area contributed by atoms with Crippen LogP contribution >= 0.6 is 0 Å². The molecule has 0 aliphatic heterocycles. The number of hydrogen-bond acceptors (Lipinski definition) is 5. The molecule has 1 saturated carbocycles. The van der Waals surface area contributed by atoms with Crippen LogP contribution in [0.1, 0.15) is 42.5 Å². The minimum Gasteiger partial charge on any atom is -0.422 e. The highest BCUT2D eigenvalue weighted by Gasteiger charge is 2.23. The zero-order valence-electron chi connectivity index (χ0n) is 13.5. The molecule has 3 rings (SSSR count). The molecule has 1 heterocycles. The molecule has 1 amide bonds. The summed E-state index contributed by atoms with van der Waals surface area (Å²) in [5.41, 5.74) is 1.13. The Bertz CT molecular complexity index is 811. The smallest absolute Gasteiger partial charge is 0.351 e. The fourth-order valence-corrected chi connectivity index (χ4v) is 3.06. The summed E-state index contributed by atoms with van der Waals surface area (Å²) in [6.07, 6.45) is 4.95. The lowest BCUT2D eigenvalue weighted by Gasteiger charge is -2.22. The Kier molecular flexibility index (Phi) is 5.14.